The molecule has 1 fully saturated rings. The van der Waals surface area contributed by atoms with E-state index in [9.17, 15) is 19.2 Å². The number of ether oxygens (including phenoxy) is 2. The number of carbonyl (C=O) groups excluding carboxylic acids is 4. The number of alkyl carbamates (subject to hydrolysis) is 1. The van der Waals surface area contributed by atoms with Gasteiger partial charge in [-0.1, -0.05) is 36.8 Å². The maximum Gasteiger partial charge on any atom is 0.408 e. The van der Waals surface area contributed by atoms with Gasteiger partial charge in [-0.25, -0.2) is 4.79 Å². The molecule has 0 aromatic heterocycles. The van der Waals surface area contributed by atoms with Crippen molar-refractivity contribution < 1.29 is 28.7 Å². The van der Waals surface area contributed by atoms with Gasteiger partial charge >= 0.3 is 12.1 Å². The molecule has 2 rings (SSSR count). The molecule has 1 aromatic carbocycles. The zero-order chi connectivity index (χ0) is 22.1. The van der Waals surface area contributed by atoms with Crippen LogP contribution in [0.3, 0.4) is 0 Å². The van der Waals surface area contributed by atoms with Crippen LogP contribution in [0.5, 0.6) is 0 Å². The molecule has 0 bridgehead atoms. The first-order valence-corrected chi connectivity index (χ1v) is 10.0. The van der Waals surface area contributed by atoms with Crippen LogP contribution in [0.2, 0.25) is 0 Å². The van der Waals surface area contributed by atoms with E-state index in [4.69, 9.17) is 15.2 Å². The van der Waals surface area contributed by atoms with Gasteiger partial charge in [0, 0.05) is 5.92 Å². The van der Waals surface area contributed by atoms with Gasteiger partial charge in [-0.15, -0.1) is 0 Å². The number of esters is 1. The van der Waals surface area contributed by atoms with Crippen LogP contribution in [0, 0.1) is 5.92 Å². The van der Waals surface area contributed by atoms with Crippen LogP contribution in [0.1, 0.15) is 38.7 Å². The van der Waals surface area contributed by atoms with Crippen LogP contribution in [0.15, 0.2) is 30.3 Å². The fraction of sp³-hybridized carbons (Fsp3) is 0.524. The normalized spacial score (nSPS) is 21.4. The van der Waals surface area contributed by atoms with Crippen LogP contribution in [0.4, 0.5) is 4.79 Å². The van der Waals surface area contributed by atoms with E-state index in [0.717, 1.165) is 5.56 Å². The van der Waals surface area contributed by atoms with Gasteiger partial charge in [0.15, 0.2) is 5.78 Å². The molecule has 0 saturated heterocycles. The van der Waals surface area contributed by atoms with E-state index in [-0.39, 0.29) is 25.5 Å². The summed E-state index contributed by atoms with van der Waals surface area (Å²) in [5, 5.41) is 4.89. The van der Waals surface area contributed by atoms with E-state index in [1.807, 2.05) is 30.3 Å². The number of nitrogens with one attached hydrogen (secondary N) is 2. The molecule has 1 aliphatic carbocycles. The zero-order valence-corrected chi connectivity index (χ0v) is 17.3. The minimum atomic E-state index is -1.36. The van der Waals surface area contributed by atoms with E-state index in [2.05, 4.69) is 10.6 Å². The van der Waals surface area contributed by atoms with Crippen molar-refractivity contribution in [1.29, 1.82) is 0 Å². The monoisotopic (exact) mass is 419 g/mol. The summed E-state index contributed by atoms with van der Waals surface area (Å²) in [7, 11) is 0. The second-order valence-electron chi connectivity index (χ2n) is 7.32. The van der Waals surface area contributed by atoms with Crippen molar-refractivity contribution in [3.8, 4) is 0 Å². The van der Waals surface area contributed by atoms with Gasteiger partial charge < -0.3 is 25.8 Å². The Morgan fingerprint density at radius 1 is 1.20 bits per heavy atom. The van der Waals surface area contributed by atoms with Crippen molar-refractivity contribution in [3.05, 3.63) is 35.9 Å². The number of hydrogen-bond donors (Lipinski definition) is 3. The van der Waals surface area contributed by atoms with Crippen LogP contribution >= 0.6 is 0 Å². The summed E-state index contributed by atoms with van der Waals surface area (Å²) >= 11 is 0. The Kier molecular flexibility index (Phi) is 8.35. The Morgan fingerprint density at radius 3 is 2.57 bits per heavy atom. The highest BCUT2D eigenvalue weighted by Gasteiger charge is 2.50. The van der Waals surface area contributed by atoms with Gasteiger partial charge in [-0.05, 0) is 32.3 Å². The first kappa shape index (κ1) is 23.3. The lowest BCUT2D eigenvalue weighted by atomic mass is 9.84. The quantitative estimate of drug-likeness (QED) is 0.509. The predicted molar refractivity (Wildman–Crippen MR) is 108 cm³/mol. The van der Waals surface area contributed by atoms with E-state index in [0.29, 0.717) is 19.3 Å². The van der Waals surface area contributed by atoms with Crippen LogP contribution in [-0.4, -0.2) is 48.5 Å². The summed E-state index contributed by atoms with van der Waals surface area (Å²) in [6.45, 7) is 3.12. The van der Waals surface area contributed by atoms with Gasteiger partial charge in [0.05, 0.1) is 13.2 Å². The fourth-order valence-electron chi connectivity index (χ4n) is 3.45. The van der Waals surface area contributed by atoms with Crippen molar-refractivity contribution in [1.82, 2.24) is 10.6 Å². The van der Waals surface area contributed by atoms with Gasteiger partial charge in [0.1, 0.15) is 18.2 Å². The highest BCUT2D eigenvalue weighted by atomic mass is 16.5. The molecule has 0 aliphatic heterocycles. The summed E-state index contributed by atoms with van der Waals surface area (Å²) in [6.07, 6.45) is 0.711. The molecular weight excluding hydrogens is 390 g/mol. The number of ketones is 1. The third-order valence-corrected chi connectivity index (χ3v) is 5.13. The Morgan fingerprint density at radius 2 is 1.90 bits per heavy atom. The van der Waals surface area contributed by atoms with Crippen molar-refractivity contribution >= 4 is 23.8 Å². The summed E-state index contributed by atoms with van der Waals surface area (Å²) in [5.74, 6) is -2.19. The molecule has 1 aromatic rings. The average Bonchev–Trinajstić information content (AvgIpc) is 3.14. The fourth-order valence-corrected chi connectivity index (χ4v) is 3.45. The Balaban J connectivity index is 1.79. The molecule has 164 valence electrons. The number of Topliss-reactive ketones (excluding diaryl/α,β-unsaturated/α-hetero) is 1. The molecule has 1 saturated carbocycles. The molecule has 4 N–H and O–H groups in total. The predicted octanol–water partition coefficient (Wildman–Crippen LogP) is 1.05. The van der Waals surface area contributed by atoms with Crippen LogP contribution in [-0.2, 0) is 30.5 Å². The highest BCUT2D eigenvalue weighted by Crippen LogP contribution is 2.35. The summed E-state index contributed by atoms with van der Waals surface area (Å²) < 4.78 is 10.1. The molecule has 3 atom stereocenters. The van der Waals surface area contributed by atoms with Crippen molar-refractivity contribution in [3.63, 3.8) is 0 Å². The minimum absolute atomic E-state index is 0.0770. The molecule has 2 unspecified atom stereocenters. The SMILES string of the molecule is CCOC(=O)C1(N)CCCC1C(=O)CNC(=O)[C@H](C)NC(=O)OCc1ccccc1. The molecule has 0 radical (unpaired) electrons. The Labute approximate surface area is 175 Å². The standard InChI is InChI=1S/C21H29N3O6/c1-3-29-19(27)21(22)11-7-10-16(21)17(25)12-23-18(26)14(2)24-20(28)30-13-15-8-5-4-6-9-15/h4-6,8-9,14,16H,3,7,10-13,22H2,1-2H3,(H,23,26)(H,24,28)/t14-,16?,21?/m0/s1. The lowest BCUT2D eigenvalue weighted by molar-refractivity contribution is -0.153. The van der Waals surface area contributed by atoms with E-state index in [1.165, 1.54) is 6.92 Å². The Bertz CT molecular complexity index is 769. The van der Waals surface area contributed by atoms with Crippen LogP contribution < -0.4 is 16.4 Å². The summed E-state index contributed by atoms with van der Waals surface area (Å²) in [4.78, 5) is 48.8. The smallest absolute Gasteiger partial charge is 0.408 e. The van der Waals surface area contributed by atoms with Gasteiger partial charge in [0.2, 0.25) is 5.91 Å². The lowest BCUT2D eigenvalue weighted by Crippen LogP contribution is -2.56. The molecular formula is C21H29N3O6. The average molecular weight is 419 g/mol. The number of hydrogen-bond acceptors (Lipinski definition) is 7. The zero-order valence-electron chi connectivity index (χ0n) is 17.3. The first-order valence-electron chi connectivity index (χ1n) is 10.0. The Hall–Kier alpha value is -2.94. The molecule has 0 heterocycles. The van der Waals surface area contributed by atoms with Gasteiger partial charge in [-0.2, -0.15) is 0 Å². The number of nitrogens with two attached hydrogens (primary N) is 1. The van der Waals surface area contributed by atoms with Gasteiger partial charge in [0.25, 0.3) is 0 Å². The second-order valence-corrected chi connectivity index (χ2v) is 7.32. The first-order chi connectivity index (χ1) is 14.3. The maximum atomic E-state index is 12.6. The number of benzene rings is 1. The number of amides is 2. The maximum absolute atomic E-state index is 12.6. The third kappa shape index (κ3) is 6.03. The highest BCUT2D eigenvalue weighted by molar-refractivity contribution is 5.95. The van der Waals surface area contributed by atoms with E-state index < -0.39 is 35.5 Å². The van der Waals surface area contributed by atoms with Crippen molar-refractivity contribution in [2.45, 2.75) is 51.3 Å². The summed E-state index contributed by atoms with van der Waals surface area (Å²) in [5.41, 5.74) is 5.63. The van der Waals surface area contributed by atoms with E-state index >= 15 is 0 Å². The van der Waals surface area contributed by atoms with E-state index in [1.54, 1.807) is 6.92 Å². The largest absolute Gasteiger partial charge is 0.465 e. The molecule has 1 aliphatic rings. The summed E-state index contributed by atoms with van der Waals surface area (Å²) in [6, 6.07) is 8.22. The molecule has 2 amide bonds. The number of rotatable bonds is 9. The van der Waals surface area contributed by atoms with Crippen molar-refractivity contribution in [2.24, 2.45) is 11.7 Å². The number of carbonyl (C=O) groups is 4. The molecule has 0 spiro atoms. The van der Waals surface area contributed by atoms with Gasteiger partial charge in [-0.3, -0.25) is 14.4 Å². The molecule has 9 nitrogen and oxygen atoms in total. The topological polar surface area (TPSA) is 137 Å². The third-order valence-electron chi connectivity index (χ3n) is 5.13. The minimum Gasteiger partial charge on any atom is -0.465 e. The second kappa shape index (κ2) is 10.7. The lowest BCUT2D eigenvalue weighted by Gasteiger charge is -2.28. The molecule has 9 heteroatoms. The van der Waals surface area contributed by atoms with Crippen LogP contribution in [0.25, 0.3) is 0 Å². The van der Waals surface area contributed by atoms with Crippen molar-refractivity contribution in [2.75, 3.05) is 13.2 Å². The molecule has 30 heavy (non-hydrogen) atoms.